The first-order valence-electron chi connectivity index (χ1n) is 12.6. The van der Waals surface area contributed by atoms with Gasteiger partial charge in [-0.15, -0.1) is 0 Å². The Morgan fingerprint density at radius 3 is 2.89 bits per heavy atom. The van der Waals surface area contributed by atoms with Crippen molar-refractivity contribution >= 4 is 39.6 Å². The number of thioether (sulfide) groups is 1. The summed E-state index contributed by atoms with van der Waals surface area (Å²) in [5, 5.41) is 10.2. The molecule has 1 aromatic heterocycles. The molecule has 1 fully saturated rings. The highest BCUT2D eigenvalue weighted by atomic mass is 79.9. The summed E-state index contributed by atoms with van der Waals surface area (Å²) in [6.07, 6.45) is 4.44. The van der Waals surface area contributed by atoms with Gasteiger partial charge in [0.15, 0.2) is 5.16 Å². The van der Waals surface area contributed by atoms with Gasteiger partial charge in [0.25, 0.3) is 0 Å². The molecule has 8 nitrogen and oxygen atoms in total. The number of amides is 1. The van der Waals surface area contributed by atoms with Gasteiger partial charge in [0.1, 0.15) is 17.0 Å². The van der Waals surface area contributed by atoms with E-state index in [9.17, 15) is 10.1 Å². The quantitative estimate of drug-likeness (QED) is 0.358. The van der Waals surface area contributed by atoms with Gasteiger partial charge < -0.3 is 19.3 Å². The molecule has 0 N–H and O–H groups in total. The van der Waals surface area contributed by atoms with Crippen LogP contribution in [0.15, 0.2) is 27.8 Å². The second-order valence-electron chi connectivity index (χ2n) is 10.8. The number of halogens is 1. The highest BCUT2D eigenvalue weighted by Crippen LogP contribution is 2.49. The van der Waals surface area contributed by atoms with Gasteiger partial charge in [0.05, 0.1) is 30.8 Å². The van der Waals surface area contributed by atoms with E-state index >= 15 is 0 Å². The Bertz CT molecular complexity index is 1260. The molecule has 1 saturated heterocycles. The number of ether oxygens (including phenoxy) is 2. The van der Waals surface area contributed by atoms with Crippen molar-refractivity contribution in [3.8, 4) is 6.07 Å². The minimum Gasteiger partial charge on any atom is -0.444 e. The number of nitrogens with zero attached hydrogens (tertiary/aromatic N) is 5. The van der Waals surface area contributed by atoms with Crippen LogP contribution in [0.4, 0.5) is 10.6 Å². The van der Waals surface area contributed by atoms with Crippen molar-refractivity contribution in [2.45, 2.75) is 75.5 Å². The molecule has 0 radical (unpaired) electrons. The fraction of sp³-hybridized carbons (Fsp3) is 0.556. The van der Waals surface area contributed by atoms with Crippen LogP contribution in [0.5, 0.6) is 0 Å². The fourth-order valence-electron chi connectivity index (χ4n) is 5.63. The molecule has 10 heteroatoms. The molecule has 3 aliphatic rings. The number of rotatable bonds is 3. The number of carbonyl (C=O) groups is 1. The minimum absolute atomic E-state index is 0.225. The molecule has 0 bridgehead atoms. The van der Waals surface area contributed by atoms with E-state index in [2.05, 4.69) is 45.1 Å². The van der Waals surface area contributed by atoms with Crippen molar-refractivity contribution in [2.24, 2.45) is 0 Å². The zero-order valence-electron chi connectivity index (χ0n) is 21.7. The zero-order valence-corrected chi connectivity index (χ0v) is 24.1. The van der Waals surface area contributed by atoms with E-state index in [0.717, 1.165) is 39.5 Å². The van der Waals surface area contributed by atoms with Crippen molar-refractivity contribution in [1.82, 2.24) is 14.9 Å². The number of fused-ring (bicyclic) bond motifs is 3. The van der Waals surface area contributed by atoms with E-state index < -0.39 is 5.60 Å². The van der Waals surface area contributed by atoms with E-state index in [-0.39, 0.29) is 24.2 Å². The van der Waals surface area contributed by atoms with Gasteiger partial charge in [-0.3, -0.25) is 0 Å². The summed E-state index contributed by atoms with van der Waals surface area (Å²) in [5.41, 5.74) is 3.62. The first-order chi connectivity index (χ1) is 17.6. The van der Waals surface area contributed by atoms with Crippen LogP contribution in [0, 0.1) is 11.3 Å². The van der Waals surface area contributed by atoms with Crippen LogP contribution in [0.2, 0.25) is 0 Å². The number of benzene rings is 1. The molecule has 1 unspecified atom stereocenters. The van der Waals surface area contributed by atoms with Crippen molar-refractivity contribution in [3.63, 3.8) is 0 Å². The van der Waals surface area contributed by atoms with Gasteiger partial charge in [0.2, 0.25) is 0 Å². The maximum absolute atomic E-state index is 12.9. The average molecular weight is 587 g/mol. The minimum atomic E-state index is -0.592. The third-order valence-corrected chi connectivity index (χ3v) is 8.48. The summed E-state index contributed by atoms with van der Waals surface area (Å²) in [5.74, 6) is 0.848. The lowest BCUT2D eigenvalue weighted by Crippen LogP contribution is -2.56. The van der Waals surface area contributed by atoms with Crippen LogP contribution in [0.3, 0.4) is 0 Å². The lowest BCUT2D eigenvalue weighted by Gasteiger charge is -2.43. The summed E-state index contributed by atoms with van der Waals surface area (Å²) in [4.78, 5) is 26.6. The largest absolute Gasteiger partial charge is 0.444 e. The number of aromatic nitrogens is 2. The summed E-state index contributed by atoms with van der Waals surface area (Å²) < 4.78 is 13.4. The molecule has 1 aromatic carbocycles. The second kappa shape index (κ2) is 10.1. The standard InChI is InChI=1S/C27H32BrN5O3S/c1-26(2,3)36-25(34)33-13-12-32(15-18(33)9-11-29)23-19-16-35-27(14-21(19)30-24(31-23)37-4)10-8-17-6-5-7-20(28)22(17)27/h5-7,18H,8-10,12-16H2,1-4H3/t18-,27?/m0/s1. The summed E-state index contributed by atoms with van der Waals surface area (Å²) in [6.45, 7) is 7.54. The molecule has 1 aliphatic carbocycles. The molecule has 2 aliphatic heterocycles. The van der Waals surface area contributed by atoms with Gasteiger partial charge in [0, 0.05) is 41.7 Å². The number of anilines is 1. The Morgan fingerprint density at radius 2 is 2.16 bits per heavy atom. The van der Waals surface area contributed by atoms with Crippen molar-refractivity contribution in [2.75, 3.05) is 30.8 Å². The molecular formula is C27H32BrN5O3S. The third-order valence-electron chi connectivity index (χ3n) is 7.27. The molecule has 2 atom stereocenters. The maximum atomic E-state index is 12.9. The Balaban J connectivity index is 1.45. The highest BCUT2D eigenvalue weighted by Gasteiger charge is 2.46. The SMILES string of the molecule is CSc1nc2c(c(N3CCN(C(=O)OC(C)(C)C)[C@@H](CC#N)C3)n1)COC1(CCc3cccc(Br)c31)C2. The van der Waals surface area contributed by atoms with Crippen molar-refractivity contribution in [3.05, 3.63) is 45.1 Å². The van der Waals surface area contributed by atoms with E-state index in [0.29, 0.717) is 32.7 Å². The number of aryl methyl sites for hydroxylation is 1. The van der Waals surface area contributed by atoms with Gasteiger partial charge in [-0.05, 0) is 51.5 Å². The smallest absolute Gasteiger partial charge is 0.410 e. The highest BCUT2D eigenvalue weighted by molar-refractivity contribution is 9.10. The molecule has 2 aromatic rings. The summed E-state index contributed by atoms with van der Waals surface area (Å²) in [7, 11) is 0. The lowest BCUT2D eigenvalue weighted by atomic mass is 9.87. The van der Waals surface area contributed by atoms with E-state index in [4.69, 9.17) is 19.4 Å². The first-order valence-corrected chi connectivity index (χ1v) is 14.6. The molecule has 37 heavy (non-hydrogen) atoms. The van der Waals surface area contributed by atoms with E-state index in [1.165, 1.54) is 22.9 Å². The number of hydrogen-bond acceptors (Lipinski definition) is 8. The Hall–Kier alpha value is -2.35. The zero-order chi connectivity index (χ0) is 26.4. The molecule has 1 spiro atoms. The third kappa shape index (κ3) is 5.06. The number of hydrogen-bond donors (Lipinski definition) is 0. The summed E-state index contributed by atoms with van der Waals surface area (Å²) >= 11 is 5.29. The van der Waals surface area contributed by atoms with Crippen LogP contribution < -0.4 is 4.90 Å². The maximum Gasteiger partial charge on any atom is 0.410 e. The molecule has 1 amide bonds. The van der Waals surface area contributed by atoms with Crippen LogP contribution >= 0.6 is 27.7 Å². The van der Waals surface area contributed by atoms with E-state index in [1.807, 2.05) is 27.0 Å². The molecule has 196 valence electrons. The summed E-state index contributed by atoms with van der Waals surface area (Å²) in [6, 6.07) is 8.32. The van der Waals surface area contributed by atoms with Gasteiger partial charge in [-0.2, -0.15) is 5.26 Å². The average Bonchev–Trinajstić information content (AvgIpc) is 3.21. The number of carbonyl (C=O) groups excluding carboxylic acids is 1. The second-order valence-corrected chi connectivity index (χ2v) is 12.5. The van der Waals surface area contributed by atoms with Crippen molar-refractivity contribution in [1.29, 1.82) is 5.26 Å². The van der Waals surface area contributed by atoms with Crippen LogP contribution in [-0.2, 0) is 34.5 Å². The monoisotopic (exact) mass is 585 g/mol. The number of nitriles is 1. The molecule has 3 heterocycles. The first kappa shape index (κ1) is 26.3. The topological polar surface area (TPSA) is 91.6 Å². The van der Waals surface area contributed by atoms with Gasteiger partial charge in [-0.25, -0.2) is 14.8 Å². The van der Waals surface area contributed by atoms with Crippen molar-refractivity contribution < 1.29 is 14.3 Å². The Labute approximate surface area is 230 Å². The normalized spacial score (nSPS) is 23.0. The Kier molecular flexibility index (Phi) is 7.16. The van der Waals surface area contributed by atoms with E-state index in [1.54, 1.807) is 4.90 Å². The fourth-order valence-corrected chi connectivity index (χ4v) is 6.78. The predicted molar refractivity (Wildman–Crippen MR) is 146 cm³/mol. The molecule has 0 saturated carbocycles. The molecule has 5 rings (SSSR count). The Morgan fingerprint density at radius 1 is 1.35 bits per heavy atom. The lowest BCUT2D eigenvalue weighted by molar-refractivity contribution is -0.0735. The van der Waals surface area contributed by atoms with Gasteiger partial charge >= 0.3 is 6.09 Å². The van der Waals surface area contributed by atoms with Crippen LogP contribution in [0.1, 0.15) is 56.0 Å². The number of piperazine rings is 1. The van der Waals surface area contributed by atoms with Crippen LogP contribution in [-0.4, -0.2) is 58.5 Å². The predicted octanol–water partition coefficient (Wildman–Crippen LogP) is 5.21. The molecular weight excluding hydrogens is 554 g/mol. The van der Waals surface area contributed by atoms with Crippen LogP contribution in [0.25, 0.3) is 0 Å². The van der Waals surface area contributed by atoms with Gasteiger partial charge in [-0.1, -0.05) is 39.8 Å².